The van der Waals surface area contributed by atoms with Gasteiger partial charge in [0, 0.05) is 43.5 Å². The molecule has 8 nitrogen and oxygen atoms in total. The summed E-state index contributed by atoms with van der Waals surface area (Å²) in [5.41, 5.74) is 8.32. The molecule has 0 atom stereocenters. The number of sulfonamides is 1. The molecular weight excluding hydrogens is 387 g/mol. The Balaban J connectivity index is 1.86. The minimum Gasteiger partial charge on any atom is -0.405 e. The average molecular weight is 412 g/mol. The van der Waals surface area contributed by atoms with Crippen molar-refractivity contribution in [1.29, 1.82) is 0 Å². The molecule has 2 radical (unpaired) electrons. The van der Waals surface area contributed by atoms with Crippen LogP contribution < -0.4 is 16.5 Å². The Labute approximate surface area is 172 Å². The first-order valence-electron chi connectivity index (χ1n) is 9.36. The Morgan fingerprint density at radius 1 is 1.45 bits per heavy atom. The first-order valence-corrected chi connectivity index (χ1v) is 11.2. The van der Waals surface area contributed by atoms with Crippen LogP contribution in [0.15, 0.2) is 48.8 Å². The molecule has 0 spiro atoms. The minimum atomic E-state index is -3.16. The molecule has 3 rings (SSSR count). The first kappa shape index (κ1) is 21.1. The van der Waals surface area contributed by atoms with Crippen molar-refractivity contribution in [2.75, 3.05) is 31.2 Å². The van der Waals surface area contributed by atoms with Gasteiger partial charge < -0.3 is 11.1 Å². The van der Waals surface area contributed by atoms with Gasteiger partial charge in [-0.25, -0.2) is 17.7 Å². The molecule has 3 N–H and O–H groups in total. The van der Waals surface area contributed by atoms with E-state index in [1.165, 1.54) is 16.8 Å². The lowest BCUT2D eigenvalue weighted by Crippen LogP contribution is -2.37. The summed E-state index contributed by atoms with van der Waals surface area (Å²) in [7, 11) is 2.89. The topological polar surface area (TPSA) is 106 Å². The normalized spacial score (nSPS) is 17.2. The summed E-state index contributed by atoms with van der Waals surface area (Å²) in [5.74, 6) is 0.916. The third kappa shape index (κ3) is 4.88. The molecule has 1 fully saturated rings. The molecule has 1 aliphatic heterocycles. The van der Waals surface area contributed by atoms with Crippen LogP contribution in [0.2, 0.25) is 0 Å². The van der Waals surface area contributed by atoms with E-state index in [4.69, 9.17) is 18.6 Å². The van der Waals surface area contributed by atoms with Gasteiger partial charge in [0.2, 0.25) is 10.0 Å². The lowest BCUT2D eigenvalue weighted by molar-refractivity contribution is 0.318. The van der Waals surface area contributed by atoms with E-state index >= 15 is 0 Å². The van der Waals surface area contributed by atoms with Crippen LogP contribution in [-0.4, -0.2) is 61.1 Å². The molecule has 10 heteroatoms. The van der Waals surface area contributed by atoms with E-state index in [-0.39, 0.29) is 5.92 Å². The van der Waals surface area contributed by atoms with Gasteiger partial charge in [0.25, 0.3) is 0 Å². The molecule has 152 valence electrons. The van der Waals surface area contributed by atoms with Crippen molar-refractivity contribution >= 4 is 34.8 Å². The van der Waals surface area contributed by atoms with Crippen LogP contribution in [0.4, 0.5) is 5.82 Å². The van der Waals surface area contributed by atoms with Gasteiger partial charge in [0.1, 0.15) is 19.3 Å². The Kier molecular flexibility index (Phi) is 6.44. The van der Waals surface area contributed by atoms with Gasteiger partial charge in [-0.2, -0.15) is 9.61 Å². The molecule has 0 aromatic carbocycles. The van der Waals surface area contributed by atoms with Crippen molar-refractivity contribution in [3.63, 3.8) is 0 Å². The van der Waals surface area contributed by atoms with Crippen LogP contribution in [0.5, 0.6) is 0 Å². The smallest absolute Gasteiger partial charge is 0.211 e. The molecule has 2 aromatic rings. The summed E-state index contributed by atoms with van der Waals surface area (Å²) in [5, 5.41) is 7.67. The van der Waals surface area contributed by atoms with Crippen molar-refractivity contribution in [1.82, 2.24) is 18.9 Å². The maximum Gasteiger partial charge on any atom is 0.211 e. The zero-order chi connectivity index (χ0) is 21.0. The predicted molar refractivity (Wildman–Crippen MR) is 117 cm³/mol. The summed E-state index contributed by atoms with van der Waals surface area (Å²) in [6.45, 7) is 5.32. The van der Waals surface area contributed by atoms with Crippen LogP contribution in [0.1, 0.15) is 24.5 Å². The van der Waals surface area contributed by atoms with Gasteiger partial charge in [-0.15, -0.1) is 0 Å². The second kappa shape index (κ2) is 8.83. The molecule has 0 bridgehead atoms. The molecule has 0 amide bonds. The molecule has 3 heterocycles. The SMILES string of the molecule is [B]c1cnn2c(NC/C(C=C)=C/C=C\N)cc(C3CCN(S(C)(=O)=O)CC3)nc12. The van der Waals surface area contributed by atoms with Crippen LogP contribution in [0.25, 0.3) is 5.65 Å². The monoisotopic (exact) mass is 412 g/mol. The number of fused-ring (bicyclic) bond motifs is 1. The number of hydrogen-bond acceptors (Lipinski definition) is 6. The fourth-order valence-electron chi connectivity index (χ4n) is 3.39. The predicted octanol–water partition coefficient (Wildman–Crippen LogP) is 0.659. The maximum atomic E-state index is 11.8. The van der Waals surface area contributed by atoms with Crippen molar-refractivity contribution < 1.29 is 8.42 Å². The van der Waals surface area contributed by atoms with E-state index < -0.39 is 10.0 Å². The Bertz CT molecular complexity index is 1050. The van der Waals surface area contributed by atoms with Gasteiger partial charge in [0.05, 0.1) is 6.26 Å². The van der Waals surface area contributed by atoms with Gasteiger partial charge in [0.15, 0.2) is 0 Å². The highest BCUT2D eigenvalue weighted by molar-refractivity contribution is 7.88. The van der Waals surface area contributed by atoms with Crippen LogP contribution in [-0.2, 0) is 10.0 Å². The van der Waals surface area contributed by atoms with Crippen LogP contribution >= 0.6 is 0 Å². The quantitative estimate of drug-likeness (QED) is 0.511. The summed E-state index contributed by atoms with van der Waals surface area (Å²) >= 11 is 0. The van der Waals surface area contributed by atoms with Gasteiger partial charge in [-0.05, 0) is 36.2 Å². The van der Waals surface area contributed by atoms with Gasteiger partial charge in [-0.3, -0.25) is 0 Å². The third-order valence-corrected chi connectivity index (χ3v) is 6.32. The highest BCUT2D eigenvalue weighted by Crippen LogP contribution is 2.29. The molecular formula is C19H25BN6O2S. The zero-order valence-corrected chi connectivity index (χ0v) is 17.3. The number of allylic oxidation sites excluding steroid dienone is 2. The van der Waals surface area contributed by atoms with Crippen molar-refractivity contribution in [2.24, 2.45) is 5.73 Å². The lowest BCUT2D eigenvalue weighted by atomic mass is 9.94. The molecule has 0 unspecified atom stereocenters. The van der Waals surface area contributed by atoms with E-state index in [0.29, 0.717) is 43.6 Å². The number of anilines is 1. The first-order chi connectivity index (χ1) is 13.8. The Hall–Kier alpha value is -2.59. The molecule has 29 heavy (non-hydrogen) atoms. The number of nitrogens with two attached hydrogens (primary N) is 1. The van der Waals surface area contributed by atoms with Crippen molar-refractivity contribution in [2.45, 2.75) is 18.8 Å². The van der Waals surface area contributed by atoms with E-state index in [2.05, 4.69) is 17.0 Å². The number of nitrogens with one attached hydrogen (secondary N) is 1. The second-order valence-corrected chi connectivity index (χ2v) is 9.00. The molecule has 2 aromatic heterocycles. The number of piperidine rings is 1. The zero-order valence-electron chi connectivity index (χ0n) is 16.5. The standard InChI is InChI=1S/C19H25BN6O2S/c1-3-14(5-4-8-21)12-22-18-11-17(24-19-16(20)13-23-26(18)19)15-6-9-25(10-7-15)29(2,27)28/h3-5,8,11,13,15,22H,1,6-7,9-10,12,21H2,2H3/b8-4-,14-5+. The Morgan fingerprint density at radius 3 is 2.79 bits per heavy atom. The highest BCUT2D eigenvalue weighted by Gasteiger charge is 2.27. The van der Waals surface area contributed by atoms with E-state index in [0.717, 1.165) is 17.1 Å². The average Bonchev–Trinajstić information content (AvgIpc) is 3.08. The van der Waals surface area contributed by atoms with Gasteiger partial charge in [-0.1, -0.05) is 18.7 Å². The highest BCUT2D eigenvalue weighted by atomic mass is 32.2. The summed E-state index contributed by atoms with van der Waals surface area (Å²) in [6, 6.07) is 1.96. The van der Waals surface area contributed by atoms with Crippen molar-refractivity contribution in [3.05, 3.63) is 54.5 Å². The molecule has 1 aliphatic rings. The lowest BCUT2D eigenvalue weighted by Gasteiger charge is -2.30. The Morgan fingerprint density at radius 2 is 2.17 bits per heavy atom. The van der Waals surface area contributed by atoms with E-state index in [1.54, 1.807) is 22.9 Å². The second-order valence-electron chi connectivity index (χ2n) is 7.02. The van der Waals surface area contributed by atoms with Crippen molar-refractivity contribution in [3.8, 4) is 0 Å². The largest absolute Gasteiger partial charge is 0.405 e. The summed E-state index contributed by atoms with van der Waals surface area (Å²) in [4.78, 5) is 4.71. The molecule has 0 aliphatic carbocycles. The third-order valence-electron chi connectivity index (χ3n) is 5.02. The number of hydrogen-bond donors (Lipinski definition) is 2. The summed E-state index contributed by atoms with van der Waals surface area (Å²) in [6.07, 6.45) is 11.1. The fraction of sp³-hybridized carbons (Fsp3) is 0.368. The van der Waals surface area contributed by atoms with E-state index in [1.807, 2.05) is 12.1 Å². The fourth-order valence-corrected chi connectivity index (χ4v) is 4.26. The minimum absolute atomic E-state index is 0.155. The summed E-state index contributed by atoms with van der Waals surface area (Å²) < 4.78 is 26.7. The maximum absolute atomic E-state index is 11.8. The molecule has 0 saturated carbocycles. The molecule has 1 saturated heterocycles. The number of nitrogens with zero attached hydrogens (tertiary/aromatic N) is 4. The van der Waals surface area contributed by atoms with E-state index in [9.17, 15) is 8.42 Å². The number of aromatic nitrogens is 3. The number of rotatable bonds is 7. The van der Waals surface area contributed by atoms with Gasteiger partial charge >= 0.3 is 0 Å². The van der Waals surface area contributed by atoms with Crippen LogP contribution in [0.3, 0.4) is 0 Å². The van der Waals surface area contributed by atoms with Crippen LogP contribution in [0, 0.1) is 0 Å².